The first-order valence-corrected chi connectivity index (χ1v) is 4.99. The second-order valence-electron chi connectivity index (χ2n) is 3.84. The Bertz CT molecular complexity index is 586. The van der Waals surface area contributed by atoms with E-state index >= 15 is 0 Å². The number of carboxylic acid groups (broad SMARTS) is 1. The van der Waals surface area contributed by atoms with Crippen LogP contribution in [0.4, 0.5) is 0 Å². The number of carbonyl (C=O) groups is 1. The average Bonchev–Trinajstić information content (AvgIpc) is 2.72. The van der Waals surface area contributed by atoms with Gasteiger partial charge in [-0.1, -0.05) is 5.16 Å². The first-order chi connectivity index (χ1) is 7.99. The fourth-order valence-electron chi connectivity index (χ4n) is 1.50. The van der Waals surface area contributed by atoms with Gasteiger partial charge in [-0.25, -0.2) is 4.79 Å². The molecule has 1 aromatic carbocycles. The summed E-state index contributed by atoms with van der Waals surface area (Å²) in [5, 5.41) is 21.9. The largest absolute Gasteiger partial charge is 0.507 e. The van der Waals surface area contributed by atoms with Crippen LogP contribution >= 0.6 is 0 Å². The Balaban J connectivity index is 2.52. The molecule has 0 amide bonds. The molecule has 5 heteroatoms. The minimum atomic E-state index is -1.16. The molecule has 0 saturated carbocycles. The van der Waals surface area contributed by atoms with Gasteiger partial charge in [-0.3, -0.25) is 0 Å². The highest BCUT2D eigenvalue weighted by atomic mass is 16.5. The number of aryl methyl sites for hydroxylation is 2. The summed E-state index contributed by atoms with van der Waals surface area (Å²) in [6.07, 6.45) is 0. The van der Waals surface area contributed by atoms with E-state index in [0.29, 0.717) is 5.56 Å². The van der Waals surface area contributed by atoms with E-state index in [4.69, 9.17) is 9.63 Å². The Labute approximate surface area is 97.3 Å². The normalized spacial score (nSPS) is 10.5. The molecule has 0 aliphatic carbocycles. The molecule has 2 rings (SSSR count). The standard InChI is InChI=1S/C12H11NO4/c1-6-3-8(10(14)4-7(6)2)11-5-9(12(15)16)13-17-11/h3-5,14H,1-2H3,(H,15,16). The second kappa shape index (κ2) is 3.93. The van der Waals surface area contributed by atoms with Gasteiger partial charge in [0.2, 0.25) is 0 Å². The summed E-state index contributed by atoms with van der Waals surface area (Å²) in [6.45, 7) is 3.77. The number of aromatic carboxylic acids is 1. The fourth-order valence-corrected chi connectivity index (χ4v) is 1.50. The van der Waals surface area contributed by atoms with Crippen molar-refractivity contribution >= 4 is 5.97 Å². The van der Waals surface area contributed by atoms with Gasteiger partial charge < -0.3 is 14.7 Å². The number of nitrogens with zero attached hydrogens (tertiary/aromatic N) is 1. The van der Waals surface area contributed by atoms with E-state index in [1.54, 1.807) is 12.1 Å². The Kier molecular flexibility index (Phi) is 2.59. The van der Waals surface area contributed by atoms with Crippen LogP contribution in [-0.4, -0.2) is 21.3 Å². The number of phenols is 1. The summed E-state index contributed by atoms with van der Waals surface area (Å²) >= 11 is 0. The zero-order valence-corrected chi connectivity index (χ0v) is 9.39. The van der Waals surface area contributed by atoms with Gasteiger partial charge in [0.05, 0.1) is 5.56 Å². The van der Waals surface area contributed by atoms with Crippen molar-refractivity contribution in [2.45, 2.75) is 13.8 Å². The zero-order valence-electron chi connectivity index (χ0n) is 9.39. The third-order valence-corrected chi connectivity index (χ3v) is 2.61. The molecular formula is C12H11NO4. The summed E-state index contributed by atoms with van der Waals surface area (Å²) < 4.78 is 4.90. The van der Waals surface area contributed by atoms with Crippen molar-refractivity contribution in [3.05, 3.63) is 35.0 Å². The van der Waals surface area contributed by atoms with Gasteiger partial charge in [-0.2, -0.15) is 0 Å². The molecule has 0 aliphatic rings. The molecule has 2 aromatic rings. The van der Waals surface area contributed by atoms with Crippen LogP contribution in [0.3, 0.4) is 0 Å². The average molecular weight is 233 g/mol. The first-order valence-electron chi connectivity index (χ1n) is 4.99. The minimum absolute atomic E-state index is 0.0428. The Morgan fingerprint density at radius 2 is 1.88 bits per heavy atom. The number of aromatic nitrogens is 1. The molecule has 5 nitrogen and oxygen atoms in total. The third-order valence-electron chi connectivity index (χ3n) is 2.61. The lowest BCUT2D eigenvalue weighted by Gasteiger charge is -2.05. The van der Waals surface area contributed by atoms with Gasteiger partial charge in [0.1, 0.15) is 5.75 Å². The van der Waals surface area contributed by atoms with Gasteiger partial charge in [0.15, 0.2) is 11.5 Å². The van der Waals surface area contributed by atoms with Gasteiger partial charge >= 0.3 is 5.97 Å². The van der Waals surface area contributed by atoms with Gasteiger partial charge in [0, 0.05) is 6.07 Å². The summed E-state index contributed by atoms with van der Waals surface area (Å²) in [4.78, 5) is 10.7. The molecule has 17 heavy (non-hydrogen) atoms. The van der Waals surface area contributed by atoms with Crippen molar-refractivity contribution in [1.82, 2.24) is 5.16 Å². The predicted octanol–water partition coefficient (Wildman–Crippen LogP) is 2.36. The van der Waals surface area contributed by atoms with E-state index in [1.807, 2.05) is 13.8 Å². The highest BCUT2D eigenvalue weighted by Gasteiger charge is 2.15. The van der Waals surface area contributed by atoms with Crippen LogP contribution in [0.1, 0.15) is 21.6 Å². The minimum Gasteiger partial charge on any atom is -0.507 e. The van der Waals surface area contributed by atoms with Crippen LogP contribution in [0.15, 0.2) is 22.7 Å². The molecule has 0 bridgehead atoms. The lowest BCUT2D eigenvalue weighted by Crippen LogP contribution is -1.94. The lowest BCUT2D eigenvalue weighted by atomic mass is 10.0. The van der Waals surface area contributed by atoms with E-state index in [9.17, 15) is 9.90 Å². The number of rotatable bonds is 2. The van der Waals surface area contributed by atoms with Gasteiger partial charge in [-0.15, -0.1) is 0 Å². The zero-order chi connectivity index (χ0) is 12.6. The molecule has 0 fully saturated rings. The Morgan fingerprint density at radius 1 is 1.24 bits per heavy atom. The molecule has 0 radical (unpaired) electrons. The van der Waals surface area contributed by atoms with Crippen LogP contribution in [0.25, 0.3) is 11.3 Å². The SMILES string of the molecule is Cc1cc(O)c(-c2cc(C(=O)O)no2)cc1C. The summed E-state index contributed by atoms with van der Waals surface area (Å²) in [5.74, 6) is -0.882. The lowest BCUT2D eigenvalue weighted by molar-refractivity contribution is 0.0686. The fraction of sp³-hybridized carbons (Fsp3) is 0.167. The monoisotopic (exact) mass is 233 g/mol. The van der Waals surface area contributed by atoms with Crippen LogP contribution < -0.4 is 0 Å². The molecule has 1 aromatic heterocycles. The topological polar surface area (TPSA) is 83.6 Å². The quantitative estimate of drug-likeness (QED) is 0.831. The van der Waals surface area contributed by atoms with E-state index < -0.39 is 5.97 Å². The third kappa shape index (κ3) is 1.99. The first kappa shape index (κ1) is 11.2. The van der Waals surface area contributed by atoms with Gasteiger partial charge in [0.25, 0.3) is 0 Å². The Hall–Kier alpha value is -2.30. The summed E-state index contributed by atoms with van der Waals surface area (Å²) in [7, 11) is 0. The molecule has 0 saturated heterocycles. The molecule has 0 aliphatic heterocycles. The number of phenolic OH excluding ortho intramolecular Hbond substituents is 1. The van der Waals surface area contributed by atoms with Crippen LogP contribution in [0.5, 0.6) is 5.75 Å². The second-order valence-corrected chi connectivity index (χ2v) is 3.84. The maximum atomic E-state index is 10.7. The number of hydrogen-bond acceptors (Lipinski definition) is 4. The predicted molar refractivity (Wildman–Crippen MR) is 60.0 cm³/mol. The van der Waals surface area contributed by atoms with Crippen molar-refractivity contribution in [2.24, 2.45) is 0 Å². The highest BCUT2D eigenvalue weighted by Crippen LogP contribution is 2.32. The van der Waals surface area contributed by atoms with E-state index in [2.05, 4.69) is 5.16 Å². The van der Waals surface area contributed by atoms with Crippen molar-refractivity contribution in [3.63, 3.8) is 0 Å². The van der Waals surface area contributed by atoms with Crippen molar-refractivity contribution in [2.75, 3.05) is 0 Å². The van der Waals surface area contributed by atoms with E-state index in [1.165, 1.54) is 6.07 Å². The molecule has 0 spiro atoms. The maximum absolute atomic E-state index is 10.7. The van der Waals surface area contributed by atoms with Crippen molar-refractivity contribution < 1.29 is 19.5 Å². The summed E-state index contributed by atoms with van der Waals surface area (Å²) in [6, 6.07) is 4.62. The number of benzene rings is 1. The summed E-state index contributed by atoms with van der Waals surface area (Å²) in [5.41, 5.74) is 2.18. The van der Waals surface area contributed by atoms with E-state index in [0.717, 1.165) is 11.1 Å². The number of carboxylic acids is 1. The molecule has 0 unspecified atom stereocenters. The van der Waals surface area contributed by atoms with Crippen LogP contribution in [0, 0.1) is 13.8 Å². The molecule has 88 valence electrons. The smallest absolute Gasteiger partial charge is 0.358 e. The van der Waals surface area contributed by atoms with Crippen LogP contribution in [0.2, 0.25) is 0 Å². The molecular weight excluding hydrogens is 222 g/mol. The molecule has 2 N–H and O–H groups in total. The van der Waals surface area contributed by atoms with Gasteiger partial charge in [-0.05, 0) is 37.1 Å². The number of hydrogen-bond donors (Lipinski definition) is 2. The molecule has 1 heterocycles. The molecule has 0 atom stereocenters. The highest BCUT2D eigenvalue weighted by molar-refractivity contribution is 5.86. The number of aromatic hydroxyl groups is 1. The van der Waals surface area contributed by atoms with Crippen molar-refractivity contribution in [3.8, 4) is 17.1 Å². The van der Waals surface area contributed by atoms with Crippen molar-refractivity contribution in [1.29, 1.82) is 0 Å². The Morgan fingerprint density at radius 3 is 2.47 bits per heavy atom. The van der Waals surface area contributed by atoms with Crippen LogP contribution in [-0.2, 0) is 0 Å². The maximum Gasteiger partial charge on any atom is 0.358 e. The van der Waals surface area contributed by atoms with E-state index in [-0.39, 0.29) is 17.2 Å².